The maximum absolute atomic E-state index is 12.3. The number of carbonyl (C=O) groups is 1. The molecule has 0 spiro atoms. The summed E-state index contributed by atoms with van der Waals surface area (Å²) < 4.78 is 53.1. The Morgan fingerprint density at radius 3 is 2.23 bits per heavy atom. The number of benzene rings is 2. The minimum Gasteiger partial charge on any atom is -0.403 e. The van der Waals surface area contributed by atoms with Crippen LogP contribution in [0.3, 0.4) is 0 Å². The predicted octanol–water partition coefficient (Wildman–Crippen LogP) is 2.57. The molecule has 3 aromatic rings. The molecule has 0 atom stereocenters. The van der Waals surface area contributed by atoms with E-state index in [1.165, 1.54) is 36.4 Å². The highest BCUT2D eigenvalue weighted by Gasteiger charge is 2.21. The first-order valence-electron chi connectivity index (χ1n) is 8.78. The summed E-state index contributed by atoms with van der Waals surface area (Å²) in [5.41, 5.74) is 0.592. The smallest absolute Gasteiger partial charge is 0.322 e. The van der Waals surface area contributed by atoms with Crippen molar-refractivity contribution in [2.75, 3.05) is 11.6 Å². The van der Waals surface area contributed by atoms with Gasteiger partial charge in [-0.1, -0.05) is 11.2 Å². The molecule has 158 valence electrons. The Morgan fingerprint density at radius 1 is 0.967 bits per heavy atom. The number of rotatable bonds is 6. The van der Waals surface area contributed by atoms with E-state index < -0.39 is 30.8 Å². The van der Waals surface area contributed by atoms with E-state index in [-0.39, 0.29) is 27.3 Å². The monoisotopic (exact) mass is 449 g/mol. The molecule has 2 aromatic carbocycles. The van der Waals surface area contributed by atoms with Crippen LogP contribution in [0.15, 0.2) is 62.7 Å². The van der Waals surface area contributed by atoms with Gasteiger partial charge in [-0.15, -0.1) is 5.10 Å². The van der Waals surface area contributed by atoms with Gasteiger partial charge in [0.2, 0.25) is 5.89 Å². The molecule has 0 fully saturated rings. The highest BCUT2D eigenvalue weighted by atomic mass is 32.2. The van der Waals surface area contributed by atoms with Crippen molar-refractivity contribution in [3.63, 3.8) is 0 Å². The molecular weight excluding hydrogens is 430 g/mol. The van der Waals surface area contributed by atoms with Gasteiger partial charge < -0.3 is 4.42 Å². The lowest BCUT2D eigenvalue weighted by Crippen LogP contribution is -2.13. The van der Waals surface area contributed by atoms with Gasteiger partial charge in [0.1, 0.15) is 0 Å². The van der Waals surface area contributed by atoms with Crippen molar-refractivity contribution in [3.05, 3.63) is 54.1 Å². The average molecular weight is 450 g/mol. The van der Waals surface area contributed by atoms with Gasteiger partial charge in [-0.2, -0.15) is 0 Å². The number of nitrogens with one attached hydrogen (secondary N) is 1. The number of sulfone groups is 2. The van der Waals surface area contributed by atoms with Gasteiger partial charge in [-0.25, -0.2) is 16.8 Å². The zero-order valence-corrected chi connectivity index (χ0v) is 18.0. The van der Waals surface area contributed by atoms with Crippen molar-refractivity contribution in [2.45, 2.75) is 28.9 Å². The Bertz CT molecular complexity index is 1290. The Hall–Kier alpha value is -3.05. The van der Waals surface area contributed by atoms with Crippen LogP contribution in [0.25, 0.3) is 11.5 Å². The molecule has 9 nitrogen and oxygen atoms in total. The van der Waals surface area contributed by atoms with Gasteiger partial charge in [0.05, 0.1) is 15.0 Å². The van der Waals surface area contributed by atoms with Crippen LogP contribution in [0.2, 0.25) is 0 Å². The van der Waals surface area contributed by atoms with Crippen molar-refractivity contribution in [2.24, 2.45) is 0 Å². The zero-order chi connectivity index (χ0) is 22.1. The van der Waals surface area contributed by atoms with E-state index in [2.05, 4.69) is 15.5 Å². The summed E-state index contributed by atoms with van der Waals surface area (Å²) in [7, 11) is -6.84. The number of anilines is 1. The summed E-state index contributed by atoms with van der Waals surface area (Å²) in [5.74, 6) is -0.528. The number of amides is 1. The van der Waals surface area contributed by atoms with Gasteiger partial charge >= 0.3 is 6.01 Å². The maximum atomic E-state index is 12.3. The van der Waals surface area contributed by atoms with E-state index in [9.17, 15) is 21.6 Å². The second kappa shape index (κ2) is 8.00. The quantitative estimate of drug-likeness (QED) is 0.606. The molecular formula is C19H19N3O6S2. The van der Waals surface area contributed by atoms with E-state index in [1.54, 1.807) is 26.0 Å². The van der Waals surface area contributed by atoms with Gasteiger partial charge in [0.25, 0.3) is 5.91 Å². The van der Waals surface area contributed by atoms with E-state index in [4.69, 9.17) is 4.42 Å². The van der Waals surface area contributed by atoms with Crippen LogP contribution in [0.1, 0.15) is 24.2 Å². The van der Waals surface area contributed by atoms with Gasteiger partial charge in [-0.05, 0) is 56.3 Å². The second-order valence-electron chi connectivity index (χ2n) is 6.78. The Balaban J connectivity index is 1.80. The minimum absolute atomic E-state index is 0.0403. The van der Waals surface area contributed by atoms with Crippen LogP contribution >= 0.6 is 0 Å². The zero-order valence-electron chi connectivity index (χ0n) is 16.4. The molecule has 0 aliphatic carbocycles. The summed E-state index contributed by atoms with van der Waals surface area (Å²) in [6, 6.07) is 11.3. The van der Waals surface area contributed by atoms with Crippen LogP contribution in [-0.2, 0) is 19.7 Å². The fourth-order valence-corrected chi connectivity index (χ4v) is 4.23. The van der Waals surface area contributed by atoms with Crippen LogP contribution in [0, 0.1) is 0 Å². The molecule has 11 heteroatoms. The van der Waals surface area contributed by atoms with Crippen molar-refractivity contribution in [1.29, 1.82) is 0 Å². The van der Waals surface area contributed by atoms with Crippen molar-refractivity contribution in [1.82, 2.24) is 10.2 Å². The third-order valence-electron chi connectivity index (χ3n) is 4.22. The van der Waals surface area contributed by atoms with Crippen molar-refractivity contribution < 1.29 is 26.0 Å². The standard InChI is InChI=1S/C19H19N3O6S2/c1-12(2)30(26,27)16-6-4-5-14(11-16)18-21-22-19(28-18)20-17(23)13-7-9-15(10-8-13)29(3,24)25/h4-12H,1-3H3,(H,20,22,23). The normalized spacial score (nSPS) is 12.1. The number of hydrogen-bond acceptors (Lipinski definition) is 8. The number of carbonyl (C=O) groups excluding carboxylic acids is 1. The first kappa shape index (κ1) is 21.7. The lowest BCUT2D eigenvalue weighted by molar-refractivity contribution is 0.102. The van der Waals surface area contributed by atoms with Crippen LogP contribution in [0.4, 0.5) is 6.01 Å². The lowest BCUT2D eigenvalue weighted by atomic mass is 10.2. The fraction of sp³-hybridized carbons (Fsp3) is 0.211. The molecule has 0 aliphatic heterocycles. The van der Waals surface area contributed by atoms with Crippen molar-refractivity contribution >= 4 is 31.6 Å². The molecule has 0 unspecified atom stereocenters. The second-order valence-corrected chi connectivity index (χ2v) is 11.3. The third-order valence-corrected chi connectivity index (χ3v) is 7.50. The summed E-state index contributed by atoms with van der Waals surface area (Å²) in [6.45, 7) is 3.18. The van der Waals surface area contributed by atoms with E-state index in [0.29, 0.717) is 5.56 Å². The van der Waals surface area contributed by atoms with Crippen LogP contribution in [-0.4, -0.2) is 44.4 Å². The fourth-order valence-electron chi connectivity index (χ4n) is 2.49. The van der Waals surface area contributed by atoms with Crippen molar-refractivity contribution in [3.8, 4) is 11.5 Å². The molecule has 1 amide bonds. The molecule has 30 heavy (non-hydrogen) atoms. The third kappa shape index (κ3) is 4.57. The summed E-state index contributed by atoms with van der Waals surface area (Å²) in [5, 5.41) is 9.43. The first-order chi connectivity index (χ1) is 14.0. The summed E-state index contributed by atoms with van der Waals surface area (Å²) >= 11 is 0. The van der Waals surface area contributed by atoms with Crippen LogP contribution < -0.4 is 5.32 Å². The number of aromatic nitrogens is 2. The molecule has 1 aromatic heterocycles. The van der Waals surface area contributed by atoms with Gasteiger partial charge in [0, 0.05) is 17.4 Å². The van der Waals surface area contributed by atoms with Crippen LogP contribution in [0.5, 0.6) is 0 Å². The molecule has 0 saturated carbocycles. The highest BCUT2D eigenvalue weighted by Crippen LogP contribution is 2.25. The van der Waals surface area contributed by atoms with E-state index in [1.807, 2.05) is 0 Å². The first-order valence-corrected chi connectivity index (χ1v) is 12.2. The summed E-state index contributed by atoms with van der Waals surface area (Å²) in [6.07, 6.45) is 1.07. The molecule has 1 N–H and O–H groups in total. The molecule has 0 radical (unpaired) electrons. The van der Waals surface area contributed by atoms with E-state index >= 15 is 0 Å². The maximum Gasteiger partial charge on any atom is 0.322 e. The Morgan fingerprint density at radius 2 is 1.63 bits per heavy atom. The number of nitrogens with zero attached hydrogens (tertiary/aromatic N) is 2. The number of hydrogen-bond donors (Lipinski definition) is 1. The predicted molar refractivity (Wildman–Crippen MR) is 110 cm³/mol. The molecule has 0 bridgehead atoms. The Kier molecular flexibility index (Phi) is 5.77. The largest absolute Gasteiger partial charge is 0.403 e. The molecule has 0 saturated heterocycles. The summed E-state index contributed by atoms with van der Waals surface area (Å²) in [4.78, 5) is 12.5. The van der Waals surface area contributed by atoms with Gasteiger partial charge in [0.15, 0.2) is 19.7 Å². The molecule has 0 aliphatic rings. The minimum atomic E-state index is -3.47. The molecule has 3 rings (SSSR count). The van der Waals surface area contributed by atoms with Gasteiger partial charge in [-0.3, -0.25) is 10.1 Å². The lowest BCUT2D eigenvalue weighted by Gasteiger charge is -2.08. The Labute approximate surface area is 174 Å². The van der Waals surface area contributed by atoms with E-state index in [0.717, 1.165) is 6.26 Å². The SMILES string of the molecule is CC(C)S(=O)(=O)c1cccc(-c2nnc(NC(=O)c3ccc(S(C)(=O)=O)cc3)o2)c1. The average Bonchev–Trinajstić information content (AvgIpc) is 3.16. The highest BCUT2D eigenvalue weighted by molar-refractivity contribution is 7.92. The molecule has 1 heterocycles. The topological polar surface area (TPSA) is 136 Å².